The van der Waals surface area contributed by atoms with Crippen LogP contribution in [0.4, 0.5) is 4.79 Å². The van der Waals surface area contributed by atoms with E-state index in [1.165, 1.54) is 47.1 Å². The number of thioether (sulfide) groups is 1. The van der Waals surface area contributed by atoms with Gasteiger partial charge in [-0.15, -0.1) is 11.8 Å². The van der Waals surface area contributed by atoms with Gasteiger partial charge in [-0.1, -0.05) is 60.7 Å². The van der Waals surface area contributed by atoms with E-state index in [2.05, 4.69) is 4.98 Å². The van der Waals surface area contributed by atoms with Crippen LogP contribution in [0, 0.1) is 0 Å². The molecular formula is C29H28N4O6S. The van der Waals surface area contributed by atoms with Crippen LogP contribution in [-0.2, 0) is 19.1 Å². The third-order valence-electron chi connectivity index (χ3n) is 6.33. The van der Waals surface area contributed by atoms with Gasteiger partial charge >= 0.3 is 12.1 Å². The van der Waals surface area contributed by atoms with Crippen molar-refractivity contribution < 1.29 is 28.7 Å². The molecule has 0 bridgehead atoms. The molecule has 2 heterocycles. The molecule has 2 aromatic carbocycles. The lowest BCUT2D eigenvalue weighted by Gasteiger charge is -2.32. The Hall–Kier alpha value is -4.64. The zero-order valence-electron chi connectivity index (χ0n) is 21.6. The molecule has 1 unspecified atom stereocenters. The van der Waals surface area contributed by atoms with Gasteiger partial charge in [0.2, 0.25) is 11.8 Å². The number of benzene rings is 2. The molecule has 2 atom stereocenters. The second-order valence-corrected chi connectivity index (χ2v) is 10.7. The number of primary amides is 2. The lowest BCUT2D eigenvalue weighted by Crippen LogP contribution is -2.52. The van der Waals surface area contributed by atoms with Crippen molar-refractivity contribution >= 4 is 41.7 Å². The molecule has 1 aromatic heterocycles. The number of hydrogen-bond acceptors (Lipinski definition) is 8. The van der Waals surface area contributed by atoms with Crippen molar-refractivity contribution in [2.75, 3.05) is 12.5 Å². The second-order valence-electron chi connectivity index (χ2n) is 9.21. The first-order valence-electron chi connectivity index (χ1n) is 12.3. The predicted octanol–water partition coefficient (Wildman–Crippen LogP) is 3.28. The first kappa shape index (κ1) is 28.4. The number of pyridine rings is 1. The SMILES string of the molecule is CC1(COC(N)=O)SCN(C(=O)/C=C/c2cc(C(N)=O)ccn2)[C@H]1C(=O)OC(c1ccccc1)c1ccccc1. The zero-order chi connectivity index (χ0) is 28.7. The lowest BCUT2D eigenvalue weighted by atomic mass is 9.98. The summed E-state index contributed by atoms with van der Waals surface area (Å²) in [4.78, 5) is 55.6. The maximum Gasteiger partial charge on any atom is 0.404 e. The van der Waals surface area contributed by atoms with E-state index in [4.69, 9.17) is 20.9 Å². The molecular weight excluding hydrogens is 532 g/mol. The molecule has 10 nitrogen and oxygen atoms in total. The minimum atomic E-state index is -1.12. The average molecular weight is 561 g/mol. The number of aromatic nitrogens is 1. The highest BCUT2D eigenvalue weighted by atomic mass is 32.2. The summed E-state index contributed by atoms with van der Waals surface area (Å²) in [5.41, 5.74) is 12.6. The standard InChI is InChI=1S/C29H28N4O6S/c1-29(17-38-28(31)37)25(27(36)39-24(19-8-4-2-5-9-19)20-10-6-3-7-11-20)33(18-40-29)23(34)13-12-22-16-21(26(30)35)14-15-32-22/h2-16,24-25H,17-18H2,1H3,(H2,30,35)(H2,31,37)/b13-12+/t25-,29?/m0/s1. The van der Waals surface area contributed by atoms with E-state index >= 15 is 0 Å². The Bertz CT molecular complexity index is 1380. The van der Waals surface area contributed by atoms with Crippen LogP contribution in [0.3, 0.4) is 0 Å². The molecule has 0 spiro atoms. The van der Waals surface area contributed by atoms with Gasteiger partial charge in [0, 0.05) is 17.8 Å². The molecule has 0 radical (unpaired) electrons. The molecule has 1 fully saturated rings. The number of esters is 1. The van der Waals surface area contributed by atoms with Crippen molar-refractivity contribution in [3.8, 4) is 0 Å². The van der Waals surface area contributed by atoms with Gasteiger partial charge in [0.1, 0.15) is 12.6 Å². The first-order valence-corrected chi connectivity index (χ1v) is 13.3. The van der Waals surface area contributed by atoms with Crippen molar-refractivity contribution in [1.82, 2.24) is 9.88 Å². The lowest BCUT2D eigenvalue weighted by molar-refractivity contribution is -0.157. The maximum absolute atomic E-state index is 13.9. The van der Waals surface area contributed by atoms with Crippen LogP contribution in [0.15, 0.2) is 85.1 Å². The van der Waals surface area contributed by atoms with Gasteiger partial charge in [-0.2, -0.15) is 0 Å². The van der Waals surface area contributed by atoms with Crippen molar-refractivity contribution in [3.05, 3.63) is 107 Å². The Morgan fingerprint density at radius 2 is 1.68 bits per heavy atom. The summed E-state index contributed by atoms with van der Waals surface area (Å²) in [5.74, 6) is -1.68. The maximum atomic E-state index is 13.9. The van der Waals surface area contributed by atoms with E-state index in [1.54, 1.807) is 6.92 Å². The number of nitrogens with two attached hydrogens (primary N) is 2. The van der Waals surface area contributed by atoms with Crippen LogP contribution < -0.4 is 11.5 Å². The fourth-order valence-electron chi connectivity index (χ4n) is 4.31. The van der Waals surface area contributed by atoms with Crippen LogP contribution in [0.1, 0.15) is 40.2 Å². The molecule has 11 heteroatoms. The second kappa shape index (κ2) is 12.5. The molecule has 4 rings (SSSR count). The Morgan fingerprint density at radius 1 is 1.05 bits per heavy atom. The van der Waals surface area contributed by atoms with E-state index in [0.717, 1.165) is 11.1 Å². The van der Waals surface area contributed by atoms with E-state index in [-0.39, 0.29) is 18.0 Å². The Labute approximate surface area is 235 Å². The fourth-order valence-corrected chi connectivity index (χ4v) is 5.55. The zero-order valence-corrected chi connectivity index (χ0v) is 22.5. The van der Waals surface area contributed by atoms with Crippen LogP contribution in [0.2, 0.25) is 0 Å². The van der Waals surface area contributed by atoms with Crippen LogP contribution >= 0.6 is 11.8 Å². The number of rotatable bonds is 9. The third kappa shape index (κ3) is 6.67. The van der Waals surface area contributed by atoms with Crippen LogP contribution in [0.25, 0.3) is 6.08 Å². The summed E-state index contributed by atoms with van der Waals surface area (Å²) in [6.45, 7) is 1.49. The van der Waals surface area contributed by atoms with E-state index in [9.17, 15) is 19.2 Å². The van der Waals surface area contributed by atoms with Crippen molar-refractivity contribution in [2.24, 2.45) is 11.5 Å². The number of carbonyl (C=O) groups is 4. The summed E-state index contributed by atoms with van der Waals surface area (Å²) in [6, 6.07) is 20.3. The molecule has 1 saturated heterocycles. The summed E-state index contributed by atoms with van der Waals surface area (Å²) in [7, 11) is 0. The smallest absolute Gasteiger partial charge is 0.404 e. The summed E-state index contributed by atoms with van der Waals surface area (Å²) in [5, 5.41) is 0. The molecule has 40 heavy (non-hydrogen) atoms. The van der Waals surface area contributed by atoms with Gasteiger partial charge < -0.3 is 25.8 Å². The first-order chi connectivity index (χ1) is 19.2. The average Bonchev–Trinajstić information content (AvgIpc) is 3.32. The number of carbonyl (C=O) groups excluding carboxylic acids is 4. The summed E-state index contributed by atoms with van der Waals surface area (Å²) < 4.78 is 10.1. The summed E-state index contributed by atoms with van der Waals surface area (Å²) in [6.07, 6.45) is 2.34. The van der Waals surface area contributed by atoms with Crippen LogP contribution in [0.5, 0.6) is 0 Å². The number of ether oxygens (including phenoxy) is 2. The predicted molar refractivity (Wildman–Crippen MR) is 150 cm³/mol. The third-order valence-corrected chi connectivity index (χ3v) is 7.74. The Balaban J connectivity index is 1.64. The highest BCUT2D eigenvalue weighted by molar-refractivity contribution is 8.01. The number of hydrogen-bond donors (Lipinski definition) is 2. The fraction of sp³-hybridized carbons (Fsp3) is 0.207. The largest absolute Gasteiger partial charge is 0.451 e. The molecule has 3 aromatic rings. The molecule has 4 N–H and O–H groups in total. The van der Waals surface area contributed by atoms with E-state index in [0.29, 0.717) is 5.69 Å². The van der Waals surface area contributed by atoms with Gasteiger partial charge in [-0.3, -0.25) is 14.6 Å². The molecule has 1 aliphatic rings. The van der Waals surface area contributed by atoms with Crippen molar-refractivity contribution in [3.63, 3.8) is 0 Å². The Kier molecular flexibility index (Phi) is 8.85. The molecule has 3 amide bonds. The molecule has 0 saturated carbocycles. The minimum absolute atomic E-state index is 0.123. The van der Waals surface area contributed by atoms with Gasteiger partial charge in [-0.25, -0.2) is 9.59 Å². The summed E-state index contributed by atoms with van der Waals surface area (Å²) >= 11 is 1.27. The molecule has 206 valence electrons. The van der Waals surface area contributed by atoms with E-state index in [1.807, 2.05) is 60.7 Å². The Morgan fingerprint density at radius 3 is 2.25 bits per heavy atom. The van der Waals surface area contributed by atoms with Crippen molar-refractivity contribution in [2.45, 2.75) is 23.8 Å². The minimum Gasteiger partial charge on any atom is -0.451 e. The number of nitrogens with zero attached hydrogens (tertiary/aromatic N) is 2. The monoisotopic (exact) mass is 560 g/mol. The van der Waals surface area contributed by atoms with Gasteiger partial charge in [0.25, 0.3) is 0 Å². The van der Waals surface area contributed by atoms with Crippen molar-refractivity contribution in [1.29, 1.82) is 0 Å². The van der Waals surface area contributed by atoms with Gasteiger partial charge in [0.15, 0.2) is 6.10 Å². The quantitative estimate of drug-likeness (QED) is 0.298. The topological polar surface area (TPSA) is 155 Å². The molecule has 0 aliphatic carbocycles. The highest BCUT2D eigenvalue weighted by Crippen LogP contribution is 2.42. The number of amides is 3. The highest BCUT2D eigenvalue weighted by Gasteiger charge is 2.52. The van der Waals surface area contributed by atoms with Gasteiger partial charge in [-0.05, 0) is 36.3 Å². The van der Waals surface area contributed by atoms with Crippen LogP contribution in [-0.4, -0.2) is 57.0 Å². The normalized spacial score (nSPS) is 18.6. The van der Waals surface area contributed by atoms with E-state index < -0.39 is 40.8 Å². The van der Waals surface area contributed by atoms with Gasteiger partial charge in [0.05, 0.1) is 16.3 Å². The molecule has 1 aliphatic heterocycles.